The highest BCUT2D eigenvalue weighted by molar-refractivity contribution is 5.29. The van der Waals surface area contributed by atoms with Gasteiger partial charge in [0, 0.05) is 7.05 Å². The van der Waals surface area contributed by atoms with Gasteiger partial charge in [-0.2, -0.15) is 5.10 Å². The molecule has 4 nitrogen and oxygen atoms in total. The molecule has 1 aromatic heterocycles. The molecule has 1 N–H and O–H groups in total. The summed E-state index contributed by atoms with van der Waals surface area (Å²) >= 11 is 0. The molecule has 1 unspecified atom stereocenters. The van der Waals surface area contributed by atoms with E-state index in [0.29, 0.717) is 11.5 Å². The van der Waals surface area contributed by atoms with Crippen LogP contribution in [0.25, 0.3) is 0 Å². The maximum Gasteiger partial charge on any atom is 0.161 e. The Bertz CT molecular complexity index is 394. The normalized spacial score (nSPS) is 20.7. The summed E-state index contributed by atoms with van der Waals surface area (Å²) in [5.74, 6) is 0.892. The molecule has 4 heteroatoms. The van der Waals surface area contributed by atoms with Crippen molar-refractivity contribution in [3.63, 3.8) is 0 Å². The lowest BCUT2D eigenvalue weighted by molar-refractivity contribution is 0.142. The quantitative estimate of drug-likeness (QED) is 0.894. The number of aryl methyl sites for hydroxylation is 1. The van der Waals surface area contributed by atoms with E-state index in [1.807, 2.05) is 25.0 Å². The molecule has 0 radical (unpaired) electrons. The fraction of sp³-hybridized carbons (Fsp3) is 0.786. The van der Waals surface area contributed by atoms with Gasteiger partial charge in [-0.05, 0) is 25.3 Å². The Labute approximate surface area is 110 Å². The third-order valence-electron chi connectivity index (χ3n) is 4.42. The molecule has 2 rings (SSSR count). The molecule has 1 aromatic rings. The summed E-state index contributed by atoms with van der Waals surface area (Å²) in [5.41, 5.74) is 1.47. The lowest BCUT2D eigenvalue weighted by Crippen LogP contribution is -2.37. The lowest BCUT2D eigenvalue weighted by Gasteiger charge is -2.40. The van der Waals surface area contributed by atoms with Crippen molar-refractivity contribution in [1.29, 1.82) is 0 Å². The first kappa shape index (κ1) is 13.4. The molecule has 1 aliphatic carbocycles. The Morgan fingerprint density at radius 1 is 1.39 bits per heavy atom. The maximum atomic E-state index is 5.46. The molecular weight excluding hydrogens is 226 g/mol. The van der Waals surface area contributed by atoms with Crippen LogP contribution >= 0.6 is 0 Å². The molecule has 0 aromatic carbocycles. The lowest BCUT2D eigenvalue weighted by atomic mass is 9.69. The van der Waals surface area contributed by atoms with Crippen LogP contribution in [0.5, 0.6) is 5.75 Å². The number of methoxy groups -OCH3 is 1. The van der Waals surface area contributed by atoms with Crippen LogP contribution < -0.4 is 10.1 Å². The van der Waals surface area contributed by atoms with Crippen LogP contribution in [-0.4, -0.2) is 23.9 Å². The second-order valence-corrected chi connectivity index (χ2v) is 5.66. The van der Waals surface area contributed by atoms with Crippen molar-refractivity contribution >= 4 is 0 Å². The molecule has 0 bridgehead atoms. The van der Waals surface area contributed by atoms with Gasteiger partial charge in [-0.3, -0.25) is 4.68 Å². The summed E-state index contributed by atoms with van der Waals surface area (Å²) in [5, 5.41) is 7.82. The minimum absolute atomic E-state index is 0.300. The number of hydrogen-bond donors (Lipinski definition) is 1. The molecule has 1 aliphatic rings. The fourth-order valence-electron chi connectivity index (χ4n) is 3.38. The van der Waals surface area contributed by atoms with Gasteiger partial charge >= 0.3 is 0 Å². The summed E-state index contributed by atoms with van der Waals surface area (Å²) in [6.45, 7) is 2.39. The first-order valence-corrected chi connectivity index (χ1v) is 6.85. The summed E-state index contributed by atoms with van der Waals surface area (Å²) in [6.07, 6.45) is 8.38. The molecule has 0 aliphatic heterocycles. The standard InChI is InChI=1S/C14H25N3O/c1-14(8-6-5-7-9-14)13(15-2)12-11(18-4)10-16-17(12)3/h10,13,15H,5-9H2,1-4H3. The van der Waals surface area contributed by atoms with Crippen molar-refractivity contribution in [3.05, 3.63) is 11.9 Å². The average molecular weight is 251 g/mol. The summed E-state index contributed by atoms with van der Waals surface area (Å²) in [7, 11) is 5.75. The van der Waals surface area contributed by atoms with Gasteiger partial charge in [0.25, 0.3) is 0 Å². The van der Waals surface area contributed by atoms with Gasteiger partial charge in [0.1, 0.15) is 0 Å². The number of ether oxygens (including phenoxy) is 1. The highest BCUT2D eigenvalue weighted by atomic mass is 16.5. The molecule has 1 heterocycles. The number of hydrogen-bond acceptors (Lipinski definition) is 3. The van der Waals surface area contributed by atoms with E-state index >= 15 is 0 Å². The second kappa shape index (κ2) is 5.31. The Kier molecular flexibility index (Phi) is 3.95. The Balaban J connectivity index is 2.34. The van der Waals surface area contributed by atoms with Crippen molar-refractivity contribution in [1.82, 2.24) is 15.1 Å². The number of aromatic nitrogens is 2. The minimum atomic E-state index is 0.300. The summed E-state index contributed by atoms with van der Waals surface area (Å²) in [4.78, 5) is 0. The van der Waals surface area contributed by atoms with Crippen LogP contribution in [-0.2, 0) is 7.05 Å². The zero-order valence-corrected chi connectivity index (χ0v) is 12.0. The van der Waals surface area contributed by atoms with Gasteiger partial charge in [0.05, 0.1) is 25.0 Å². The molecule has 18 heavy (non-hydrogen) atoms. The highest BCUT2D eigenvalue weighted by Gasteiger charge is 2.38. The summed E-state index contributed by atoms with van der Waals surface area (Å²) < 4.78 is 7.41. The van der Waals surface area contributed by atoms with Crippen molar-refractivity contribution in [2.45, 2.75) is 45.1 Å². The van der Waals surface area contributed by atoms with Crippen LogP contribution in [0.2, 0.25) is 0 Å². The van der Waals surface area contributed by atoms with E-state index in [-0.39, 0.29) is 0 Å². The van der Waals surface area contributed by atoms with Gasteiger partial charge in [-0.25, -0.2) is 0 Å². The Morgan fingerprint density at radius 2 is 2.06 bits per heavy atom. The molecule has 0 spiro atoms. The van der Waals surface area contributed by atoms with Crippen LogP contribution in [0.1, 0.15) is 50.8 Å². The molecule has 1 saturated carbocycles. The van der Waals surface area contributed by atoms with Gasteiger partial charge in [-0.15, -0.1) is 0 Å². The smallest absolute Gasteiger partial charge is 0.161 e. The van der Waals surface area contributed by atoms with Crippen LogP contribution in [0.4, 0.5) is 0 Å². The predicted octanol–water partition coefficient (Wildman–Crippen LogP) is 2.66. The van der Waals surface area contributed by atoms with E-state index in [0.717, 1.165) is 5.75 Å². The highest BCUT2D eigenvalue weighted by Crippen LogP contribution is 2.47. The van der Waals surface area contributed by atoms with E-state index < -0.39 is 0 Å². The summed E-state index contributed by atoms with van der Waals surface area (Å²) in [6, 6.07) is 0.306. The van der Waals surface area contributed by atoms with Crippen LogP contribution in [0, 0.1) is 5.41 Å². The minimum Gasteiger partial charge on any atom is -0.493 e. The van der Waals surface area contributed by atoms with Crippen LogP contribution in [0.3, 0.4) is 0 Å². The fourth-order valence-corrected chi connectivity index (χ4v) is 3.38. The largest absolute Gasteiger partial charge is 0.493 e. The first-order valence-electron chi connectivity index (χ1n) is 6.85. The monoisotopic (exact) mass is 251 g/mol. The molecule has 1 fully saturated rings. The average Bonchev–Trinajstić information content (AvgIpc) is 2.73. The number of nitrogens with zero attached hydrogens (tertiary/aromatic N) is 2. The maximum absolute atomic E-state index is 5.46. The van der Waals surface area contributed by atoms with E-state index in [4.69, 9.17) is 4.74 Å². The Morgan fingerprint density at radius 3 is 2.61 bits per heavy atom. The molecular formula is C14H25N3O. The van der Waals surface area contributed by atoms with E-state index in [1.54, 1.807) is 7.11 Å². The van der Waals surface area contributed by atoms with Crippen molar-refractivity contribution < 1.29 is 4.74 Å². The Hall–Kier alpha value is -1.03. The van der Waals surface area contributed by atoms with Gasteiger partial charge in [0.2, 0.25) is 0 Å². The SMILES string of the molecule is CNC(c1c(OC)cnn1C)C1(C)CCCCC1. The van der Waals surface area contributed by atoms with Crippen LogP contribution in [0.15, 0.2) is 6.20 Å². The third-order valence-corrected chi connectivity index (χ3v) is 4.42. The molecule has 102 valence electrons. The third kappa shape index (κ3) is 2.26. The van der Waals surface area contributed by atoms with Crippen molar-refractivity contribution in [2.24, 2.45) is 12.5 Å². The number of rotatable bonds is 4. The van der Waals surface area contributed by atoms with Gasteiger partial charge < -0.3 is 10.1 Å². The zero-order valence-electron chi connectivity index (χ0n) is 12.0. The first-order chi connectivity index (χ1) is 8.62. The van der Waals surface area contributed by atoms with Gasteiger partial charge in [-0.1, -0.05) is 26.2 Å². The molecule has 0 saturated heterocycles. The molecule has 0 amide bonds. The van der Waals surface area contributed by atoms with Crippen molar-refractivity contribution in [3.8, 4) is 5.75 Å². The number of nitrogens with one attached hydrogen (secondary N) is 1. The second-order valence-electron chi connectivity index (χ2n) is 5.66. The van der Waals surface area contributed by atoms with E-state index in [2.05, 4.69) is 17.3 Å². The van der Waals surface area contributed by atoms with E-state index in [1.165, 1.54) is 37.8 Å². The topological polar surface area (TPSA) is 39.1 Å². The van der Waals surface area contributed by atoms with E-state index in [9.17, 15) is 0 Å². The predicted molar refractivity (Wildman–Crippen MR) is 72.8 cm³/mol. The molecule has 1 atom stereocenters. The zero-order chi connectivity index (χ0) is 13.2. The van der Waals surface area contributed by atoms with Crippen molar-refractivity contribution in [2.75, 3.05) is 14.2 Å². The van der Waals surface area contributed by atoms with Gasteiger partial charge in [0.15, 0.2) is 5.75 Å².